The summed E-state index contributed by atoms with van der Waals surface area (Å²) in [5.74, 6) is 2.12. The summed E-state index contributed by atoms with van der Waals surface area (Å²) in [5.41, 5.74) is 1.00. The lowest BCUT2D eigenvalue weighted by atomic mass is 10.2. The van der Waals surface area contributed by atoms with Crippen molar-refractivity contribution in [2.75, 3.05) is 40.4 Å². The molecule has 1 aliphatic heterocycles. The first-order chi connectivity index (χ1) is 12.2. The van der Waals surface area contributed by atoms with Crippen LogP contribution in [0.15, 0.2) is 23.2 Å². The van der Waals surface area contributed by atoms with Crippen LogP contribution < -0.4 is 20.1 Å². The van der Waals surface area contributed by atoms with Crippen molar-refractivity contribution in [2.24, 2.45) is 4.99 Å². The summed E-state index contributed by atoms with van der Waals surface area (Å²) in [6.45, 7) is 5.19. The molecule has 0 aromatic heterocycles. The van der Waals surface area contributed by atoms with Crippen molar-refractivity contribution in [2.45, 2.75) is 26.3 Å². The number of likely N-dealkylation sites (tertiary alicyclic amines) is 1. The Balaban J connectivity index is 0.00000338. The van der Waals surface area contributed by atoms with E-state index < -0.39 is 0 Å². The lowest BCUT2D eigenvalue weighted by Crippen LogP contribution is -2.44. The Labute approximate surface area is 172 Å². The Morgan fingerprint density at radius 2 is 1.85 bits per heavy atom. The van der Waals surface area contributed by atoms with E-state index in [1.165, 1.54) is 0 Å². The molecule has 0 bridgehead atoms. The molecule has 0 aliphatic carbocycles. The van der Waals surface area contributed by atoms with Gasteiger partial charge >= 0.3 is 0 Å². The molecule has 1 aromatic rings. The van der Waals surface area contributed by atoms with Gasteiger partial charge in [-0.15, -0.1) is 24.0 Å². The summed E-state index contributed by atoms with van der Waals surface area (Å²) in [6, 6.07) is 5.71. The SMILES string of the molecule is CCNC(=NCc1ccc(OC)c(OC)c1)NCC(=O)N1CCCC1.I. The maximum atomic E-state index is 12.1. The number of hydrogen-bond donors (Lipinski definition) is 2. The average molecular weight is 476 g/mol. The molecule has 2 rings (SSSR count). The highest BCUT2D eigenvalue weighted by molar-refractivity contribution is 14.0. The van der Waals surface area contributed by atoms with E-state index >= 15 is 0 Å². The quantitative estimate of drug-likeness (QED) is 0.358. The highest BCUT2D eigenvalue weighted by Gasteiger charge is 2.17. The molecule has 1 aromatic carbocycles. The minimum Gasteiger partial charge on any atom is -0.493 e. The molecule has 0 spiro atoms. The fourth-order valence-corrected chi connectivity index (χ4v) is 2.73. The molecule has 146 valence electrons. The monoisotopic (exact) mass is 476 g/mol. The zero-order chi connectivity index (χ0) is 18.1. The normalized spacial score (nSPS) is 13.8. The molecule has 2 N–H and O–H groups in total. The lowest BCUT2D eigenvalue weighted by Gasteiger charge is -2.17. The molecule has 1 heterocycles. The minimum absolute atomic E-state index is 0. The van der Waals surface area contributed by atoms with Crippen LogP contribution in [0.4, 0.5) is 0 Å². The largest absolute Gasteiger partial charge is 0.493 e. The topological polar surface area (TPSA) is 75.2 Å². The summed E-state index contributed by atoms with van der Waals surface area (Å²) < 4.78 is 10.6. The molecule has 1 fully saturated rings. The van der Waals surface area contributed by atoms with Crippen molar-refractivity contribution in [3.63, 3.8) is 0 Å². The van der Waals surface area contributed by atoms with Gasteiger partial charge in [0.1, 0.15) is 0 Å². The van der Waals surface area contributed by atoms with E-state index in [4.69, 9.17) is 9.47 Å². The Morgan fingerprint density at radius 3 is 2.46 bits per heavy atom. The van der Waals surface area contributed by atoms with E-state index in [1.54, 1.807) is 14.2 Å². The molecule has 26 heavy (non-hydrogen) atoms. The molecule has 1 amide bonds. The second kappa shape index (κ2) is 11.8. The molecule has 0 radical (unpaired) electrons. The second-order valence-corrected chi connectivity index (χ2v) is 5.83. The van der Waals surface area contributed by atoms with Crippen LogP contribution in [-0.2, 0) is 11.3 Å². The van der Waals surface area contributed by atoms with E-state index in [2.05, 4.69) is 15.6 Å². The summed E-state index contributed by atoms with van der Waals surface area (Å²) in [7, 11) is 3.22. The van der Waals surface area contributed by atoms with Crippen LogP contribution >= 0.6 is 24.0 Å². The van der Waals surface area contributed by atoms with Crippen molar-refractivity contribution in [3.05, 3.63) is 23.8 Å². The van der Waals surface area contributed by atoms with Gasteiger partial charge < -0.3 is 25.0 Å². The van der Waals surface area contributed by atoms with Crippen molar-refractivity contribution >= 4 is 35.8 Å². The van der Waals surface area contributed by atoms with Crippen LogP contribution in [0.3, 0.4) is 0 Å². The van der Waals surface area contributed by atoms with Gasteiger partial charge in [-0.2, -0.15) is 0 Å². The van der Waals surface area contributed by atoms with E-state index in [-0.39, 0.29) is 36.4 Å². The van der Waals surface area contributed by atoms with Gasteiger partial charge in [-0.1, -0.05) is 6.07 Å². The van der Waals surface area contributed by atoms with Crippen molar-refractivity contribution in [1.82, 2.24) is 15.5 Å². The van der Waals surface area contributed by atoms with E-state index in [9.17, 15) is 4.79 Å². The first-order valence-corrected chi connectivity index (χ1v) is 8.68. The van der Waals surface area contributed by atoms with Gasteiger partial charge in [-0.25, -0.2) is 4.99 Å². The molecule has 0 saturated carbocycles. The Bertz CT molecular complexity index is 604. The number of hydrogen-bond acceptors (Lipinski definition) is 4. The fraction of sp³-hybridized carbons (Fsp3) is 0.556. The number of guanidine groups is 1. The zero-order valence-electron chi connectivity index (χ0n) is 15.7. The third kappa shape index (κ3) is 6.54. The highest BCUT2D eigenvalue weighted by atomic mass is 127. The first-order valence-electron chi connectivity index (χ1n) is 8.68. The number of nitrogens with one attached hydrogen (secondary N) is 2. The Hall–Kier alpha value is -1.71. The van der Waals surface area contributed by atoms with Gasteiger partial charge in [-0.3, -0.25) is 4.79 Å². The number of ether oxygens (including phenoxy) is 2. The fourth-order valence-electron chi connectivity index (χ4n) is 2.73. The van der Waals surface area contributed by atoms with E-state index in [0.717, 1.165) is 38.0 Å². The third-order valence-corrected chi connectivity index (χ3v) is 4.08. The standard InChI is InChI=1S/C18H28N4O3.HI/c1-4-19-18(21-13-17(23)22-9-5-6-10-22)20-12-14-7-8-15(24-2)16(11-14)25-3;/h7-8,11H,4-6,9-10,12-13H2,1-3H3,(H2,19,20,21);1H. The number of nitrogens with zero attached hydrogens (tertiary/aromatic N) is 2. The number of benzene rings is 1. The smallest absolute Gasteiger partial charge is 0.241 e. The molecular weight excluding hydrogens is 447 g/mol. The van der Waals surface area contributed by atoms with E-state index in [1.807, 2.05) is 30.0 Å². The number of amides is 1. The molecule has 8 heteroatoms. The van der Waals surface area contributed by atoms with Crippen LogP contribution in [0.1, 0.15) is 25.3 Å². The van der Waals surface area contributed by atoms with Gasteiger partial charge in [0.05, 0.1) is 27.3 Å². The molecule has 1 aliphatic rings. The molecular formula is C18H29IN4O3. The summed E-state index contributed by atoms with van der Waals surface area (Å²) >= 11 is 0. The lowest BCUT2D eigenvalue weighted by molar-refractivity contribution is -0.128. The summed E-state index contributed by atoms with van der Waals surface area (Å²) in [5, 5.41) is 6.27. The predicted molar refractivity (Wildman–Crippen MR) is 114 cm³/mol. The number of carbonyl (C=O) groups excluding carboxylic acids is 1. The molecule has 7 nitrogen and oxygen atoms in total. The number of aliphatic imine (C=N–C) groups is 1. The predicted octanol–water partition coefficient (Wildman–Crippen LogP) is 2.00. The maximum absolute atomic E-state index is 12.1. The Morgan fingerprint density at radius 1 is 1.15 bits per heavy atom. The number of rotatable bonds is 7. The number of methoxy groups -OCH3 is 2. The maximum Gasteiger partial charge on any atom is 0.241 e. The summed E-state index contributed by atoms with van der Waals surface area (Å²) in [4.78, 5) is 18.6. The van der Waals surface area contributed by atoms with Crippen molar-refractivity contribution in [1.29, 1.82) is 0 Å². The van der Waals surface area contributed by atoms with Crippen LogP contribution in [0.25, 0.3) is 0 Å². The third-order valence-electron chi connectivity index (χ3n) is 4.08. The average Bonchev–Trinajstić information content (AvgIpc) is 3.18. The zero-order valence-corrected chi connectivity index (χ0v) is 18.0. The highest BCUT2D eigenvalue weighted by Crippen LogP contribution is 2.27. The van der Waals surface area contributed by atoms with E-state index in [0.29, 0.717) is 24.0 Å². The van der Waals surface area contributed by atoms with Gasteiger partial charge in [0, 0.05) is 19.6 Å². The molecule has 0 atom stereocenters. The summed E-state index contributed by atoms with van der Waals surface area (Å²) in [6.07, 6.45) is 2.19. The van der Waals surface area contributed by atoms with Crippen LogP contribution in [0.5, 0.6) is 11.5 Å². The van der Waals surface area contributed by atoms with Gasteiger partial charge in [0.15, 0.2) is 17.5 Å². The first kappa shape index (κ1) is 22.3. The van der Waals surface area contributed by atoms with Gasteiger partial charge in [-0.05, 0) is 37.5 Å². The van der Waals surface area contributed by atoms with Crippen molar-refractivity contribution < 1.29 is 14.3 Å². The second-order valence-electron chi connectivity index (χ2n) is 5.83. The number of carbonyl (C=O) groups is 1. The van der Waals surface area contributed by atoms with Gasteiger partial charge in [0.2, 0.25) is 5.91 Å². The molecule has 0 unspecified atom stereocenters. The number of halogens is 1. The van der Waals surface area contributed by atoms with Crippen LogP contribution in [0, 0.1) is 0 Å². The Kier molecular flexibility index (Phi) is 10.2. The van der Waals surface area contributed by atoms with Crippen molar-refractivity contribution in [3.8, 4) is 11.5 Å². The van der Waals surface area contributed by atoms with Crippen LogP contribution in [0.2, 0.25) is 0 Å². The minimum atomic E-state index is 0. The molecule has 1 saturated heterocycles. The van der Waals surface area contributed by atoms with Gasteiger partial charge in [0.25, 0.3) is 0 Å². The van der Waals surface area contributed by atoms with Crippen LogP contribution in [-0.4, -0.2) is 57.2 Å².